The molecule has 1 heterocycles. The van der Waals surface area contributed by atoms with Gasteiger partial charge in [-0.1, -0.05) is 6.07 Å². The molecule has 1 aliphatic rings. The third-order valence-corrected chi connectivity index (χ3v) is 4.73. The summed E-state index contributed by atoms with van der Waals surface area (Å²) in [6, 6.07) is 4.02. The number of halogens is 1. The average Bonchev–Trinajstić information content (AvgIpc) is 2.64. The summed E-state index contributed by atoms with van der Waals surface area (Å²) in [5, 5.41) is 9.32. The summed E-state index contributed by atoms with van der Waals surface area (Å²) >= 11 is 0. The van der Waals surface area contributed by atoms with Crippen LogP contribution in [-0.4, -0.2) is 37.0 Å². The van der Waals surface area contributed by atoms with E-state index < -0.39 is 21.9 Å². The van der Waals surface area contributed by atoms with Gasteiger partial charge in [0, 0.05) is 13.1 Å². The molecule has 1 atom stereocenters. The quantitative estimate of drug-likeness (QED) is 0.858. The molecule has 0 saturated carbocycles. The zero-order valence-corrected chi connectivity index (χ0v) is 10.2. The Kier molecular flexibility index (Phi) is 3.20. The van der Waals surface area contributed by atoms with Crippen LogP contribution in [0.15, 0.2) is 23.1 Å². The molecular formula is C11H14FNO3S. The molecule has 0 aliphatic carbocycles. The SMILES string of the molecule is Cc1ccc(S(=O)(=O)N2CC[C@H](O)C2)c(F)c1. The molecule has 6 heteroatoms. The highest BCUT2D eigenvalue weighted by molar-refractivity contribution is 7.89. The molecular weight excluding hydrogens is 245 g/mol. The Hall–Kier alpha value is -0.980. The van der Waals surface area contributed by atoms with Gasteiger partial charge in [-0.15, -0.1) is 0 Å². The van der Waals surface area contributed by atoms with Crippen molar-refractivity contribution < 1.29 is 17.9 Å². The second-order valence-corrected chi connectivity index (χ2v) is 6.15. The predicted octanol–water partition coefficient (Wildman–Crippen LogP) is 0.889. The molecule has 94 valence electrons. The first-order chi connectivity index (χ1) is 7.91. The van der Waals surface area contributed by atoms with Gasteiger partial charge in [0.05, 0.1) is 6.10 Å². The van der Waals surface area contributed by atoms with Crippen molar-refractivity contribution in [3.63, 3.8) is 0 Å². The number of sulfonamides is 1. The number of rotatable bonds is 2. The van der Waals surface area contributed by atoms with E-state index in [2.05, 4.69) is 0 Å². The minimum atomic E-state index is -3.82. The highest BCUT2D eigenvalue weighted by atomic mass is 32.2. The van der Waals surface area contributed by atoms with Gasteiger partial charge in [0.2, 0.25) is 10.0 Å². The van der Waals surface area contributed by atoms with Gasteiger partial charge in [0.1, 0.15) is 10.7 Å². The van der Waals surface area contributed by atoms with Gasteiger partial charge in [-0.05, 0) is 31.0 Å². The molecule has 1 aliphatic heterocycles. The number of β-amino-alcohol motifs (C(OH)–C–C–N with tert-alkyl or cyclic N) is 1. The maximum absolute atomic E-state index is 13.6. The summed E-state index contributed by atoms with van der Waals surface area (Å²) in [5.41, 5.74) is 0.669. The Bertz CT molecular complexity index is 530. The monoisotopic (exact) mass is 259 g/mol. The molecule has 1 saturated heterocycles. The Morgan fingerprint density at radius 3 is 2.71 bits per heavy atom. The lowest BCUT2D eigenvalue weighted by Gasteiger charge is -2.16. The van der Waals surface area contributed by atoms with Crippen molar-refractivity contribution >= 4 is 10.0 Å². The summed E-state index contributed by atoms with van der Waals surface area (Å²) in [6.45, 7) is 1.96. The van der Waals surface area contributed by atoms with Crippen molar-refractivity contribution in [2.75, 3.05) is 13.1 Å². The van der Waals surface area contributed by atoms with Crippen LogP contribution in [0.3, 0.4) is 0 Å². The molecule has 0 amide bonds. The largest absolute Gasteiger partial charge is 0.392 e. The maximum Gasteiger partial charge on any atom is 0.246 e. The van der Waals surface area contributed by atoms with E-state index in [9.17, 15) is 17.9 Å². The van der Waals surface area contributed by atoms with Gasteiger partial charge in [-0.25, -0.2) is 12.8 Å². The van der Waals surface area contributed by atoms with Gasteiger partial charge < -0.3 is 5.11 Å². The van der Waals surface area contributed by atoms with Gasteiger partial charge in [-0.3, -0.25) is 0 Å². The van der Waals surface area contributed by atoms with Crippen LogP contribution in [0.25, 0.3) is 0 Å². The lowest BCUT2D eigenvalue weighted by Crippen LogP contribution is -2.30. The molecule has 4 nitrogen and oxygen atoms in total. The first kappa shape index (κ1) is 12.5. The number of benzene rings is 1. The van der Waals surface area contributed by atoms with Crippen molar-refractivity contribution in [2.24, 2.45) is 0 Å². The fourth-order valence-electron chi connectivity index (χ4n) is 1.88. The molecule has 2 rings (SSSR count). The lowest BCUT2D eigenvalue weighted by molar-refractivity contribution is 0.189. The van der Waals surface area contributed by atoms with E-state index in [1.54, 1.807) is 13.0 Å². The summed E-state index contributed by atoms with van der Waals surface area (Å²) in [7, 11) is -3.82. The molecule has 1 fully saturated rings. The minimum absolute atomic E-state index is 0.0374. The highest BCUT2D eigenvalue weighted by Gasteiger charge is 2.33. The fraction of sp³-hybridized carbons (Fsp3) is 0.455. The molecule has 1 aromatic rings. The third kappa shape index (κ3) is 2.34. The van der Waals surface area contributed by atoms with Crippen LogP contribution < -0.4 is 0 Å². The van der Waals surface area contributed by atoms with Crippen molar-refractivity contribution in [1.29, 1.82) is 0 Å². The van der Waals surface area contributed by atoms with E-state index in [0.29, 0.717) is 12.0 Å². The Labute approximate surface area is 99.7 Å². The maximum atomic E-state index is 13.6. The third-order valence-electron chi connectivity index (χ3n) is 2.83. The van der Waals surface area contributed by atoms with Crippen molar-refractivity contribution in [2.45, 2.75) is 24.3 Å². The molecule has 1 N–H and O–H groups in total. The van der Waals surface area contributed by atoms with E-state index in [4.69, 9.17) is 0 Å². The number of aliphatic hydroxyl groups excluding tert-OH is 1. The average molecular weight is 259 g/mol. The van der Waals surface area contributed by atoms with E-state index in [0.717, 1.165) is 4.31 Å². The van der Waals surface area contributed by atoms with Crippen LogP contribution in [0.4, 0.5) is 4.39 Å². The normalized spacial score (nSPS) is 21.9. The van der Waals surface area contributed by atoms with Gasteiger partial charge in [0.15, 0.2) is 0 Å². The van der Waals surface area contributed by atoms with Crippen LogP contribution in [0.5, 0.6) is 0 Å². The molecule has 0 bridgehead atoms. The predicted molar refractivity (Wildman–Crippen MR) is 60.5 cm³/mol. The Balaban J connectivity index is 2.38. The van der Waals surface area contributed by atoms with E-state index >= 15 is 0 Å². The van der Waals surface area contributed by atoms with Crippen molar-refractivity contribution in [3.8, 4) is 0 Å². The second kappa shape index (κ2) is 4.36. The summed E-state index contributed by atoms with van der Waals surface area (Å²) in [5.74, 6) is -0.744. The first-order valence-corrected chi connectivity index (χ1v) is 6.79. The smallest absolute Gasteiger partial charge is 0.246 e. The second-order valence-electron chi connectivity index (χ2n) is 4.24. The Morgan fingerprint density at radius 2 is 2.18 bits per heavy atom. The van der Waals surface area contributed by atoms with E-state index in [-0.39, 0.29) is 18.0 Å². The molecule has 0 spiro atoms. The van der Waals surface area contributed by atoms with E-state index in [1.807, 2.05) is 0 Å². The number of aryl methyl sites for hydroxylation is 1. The Morgan fingerprint density at radius 1 is 1.47 bits per heavy atom. The van der Waals surface area contributed by atoms with Crippen LogP contribution in [0.2, 0.25) is 0 Å². The van der Waals surface area contributed by atoms with Crippen LogP contribution in [0, 0.1) is 12.7 Å². The summed E-state index contributed by atoms with van der Waals surface area (Å²) in [4.78, 5) is -0.322. The molecule has 0 aromatic heterocycles. The summed E-state index contributed by atoms with van der Waals surface area (Å²) in [6.07, 6.45) is -0.259. The van der Waals surface area contributed by atoms with Crippen LogP contribution in [0.1, 0.15) is 12.0 Å². The molecule has 0 radical (unpaired) electrons. The number of aliphatic hydroxyl groups is 1. The molecule has 1 aromatic carbocycles. The zero-order chi connectivity index (χ0) is 12.6. The number of nitrogens with zero attached hydrogens (tertiary/aromatic N) is 1. The van der Waals surface area contributed by atoms with Gasteiger partial charge in [-0.2, -0.15) is 4.31 Å². The van der Waals surface area contributed by atoms with Gasteiger partial charge >= 0.3 is 0 Å². The van der Waals surface area contributed by atoms with Crippen LogP contribution in [-0.2, 0) is 10.0 Å². The van der Waals surface area contributed by atoms with Crippen LogP contribution >= 0.6 is 0 Å². The van der Waals surface area contributed by atoms with Crippen molar-refractivity contribution in [1.82, 2.24) is 4.31 Å². The highest BCUT2D eigenvalue weighted by Crippen LogP contribution is 2.23. The van der Waals surface area contributed by atoms with Gasteiger partial charge in [0.25, 0.3) is 0 Å². The fourth-order valence-corrected chi connectivity index (χ4v) is 3.42. The summed E-state index contributed by atoms with van der Waals surface area (Å²) < 4.78 is 38.9. The topological polar surface area (TPSA) is 57.6 Å². The van der Waals surface area contributed by atoms with Crippen molar-refractivity contribution in [3.05, 3.63) is 29.6 Å². The number of hydrogen-bond donors (Lipinski definition) is 1. The molecule has 0 unspecified atom stereocenters. The van der Waals surface area contributed by atoms with E-state index in [1.165, 1.54) is 12.1 Å². The molecule has 17 heavy (non-hydrogen) atoms. The lowest BCUT2D eigenvalue weighted by atomic mass is 10.2. The number of hydrogen-bond acceptors (Lipinski definition) is 3. The minimum Gasteiger partial charge on any atom is -0.392 e. The first-order valence-electron chi connectivity index (χ1n) is 5.35. The standard InChI is InChI=1S/C11H14FNO3S/c1-8-2-3-11(10(12)6-8)17(15,16)13-5-4-9(14)7-13/h2-3,6,9,14H,4-5,7H2,1H3/t9-/m0/s1. The zero-order valence-electron chi connectivity index (χ0n) is 9.43.